The van der Waals surface area contributed by atoms with Crippen LogP contribution in [0.2, 0.25) is 0 Å². The van der Waals surface area contributed by atoms with E-state index in [1.165, 1.54) is 11.1 Å². The van der Waals surface area contributed by atoms with E-state index in [-0.39, 0.29) is 18.3 Å². The lowest BCUT2D eigenvalue weighted by Gasteiger charge is -2.17. The van der Waals surface area contributed by atoms with Crippen LogP contribution in [-0.2, 0) is 23.9 Å². The molecule has 37 heavy (non-hydrogen) atoms. The average molecular weight is 520 g/mol. The molecule has 4 amide bonds. The molecule has 11 heteroatoms. The molecule has 0 aliphatic carbocycles. The van der Waals surface area contributed by atoms with Gasteiger partial charge in [-0.1, -0.05) is 31.2 Å². The maximum atomic E-state index is 13.2. The highest BCUT2D eigenvalue weighted by atomic mass is 19.4. The molecule has 0 unspecified atom stereocenters. The van der Waals surface area contributed by atoms with E-state index >= 15 is 0 Å². The highest BCUT2D eigenvalue weighted by Gasteiger charge is 2.32. The molecule has 3 rings (SSSR count). The number of urea groups is 1. The van der Waals surface area contributed by atoms with Crippen molar-refractivity contribution >= 4 is 23.5 Å². The van der Waals surface area contributed by atoms with Crippen molar-refractivity contribution in [2.45, 2.75) is 45.5 Å². The smallest absolute Gasteiger partial charge is 0.350 e. The normalized spacial score (nSPS) is 15.8. The maximum absolute atomic E-state index is 13.2. The number of aryl methyl sites for hydroxylation is 1. The van der Waals surface area contributed by atoms with Gasteiger partial charge >= 0.3 is 12.2 Å². The van der Waals surface area contributed by atoms with Crippen LogP contribution in [-0.4, -0.2) is 55.0 Å². The monoisotopic (exact) mass is 519 g/mol. The number of likely N-dealkylation sites (tertiary alicyclic amines) is 1. The van der Waals surface area contributed by atoms with Gasteiger partial charge in [0.05, 0.1) is 23.4 Å². The Morgan fingerprint density at radius 1 is 1.00 bits per heavy atom. The number of rotatable bonds is 9. The summed E-state index contributed by atoms with van der Waals surface area (Å²) in [5.74, 6) is -1.35. The van der Waals surface area contributed by atoms with E-state index in [1.54, 1.807) is 6.92 Å². The van der Waals surface area contributed by atoms with Gasteiger partial charge in [-0.15, -0.1) is 0 Å². The van der Waals surface area contributed by atoms with Crippen molar-refractivity contribution in [2.75, 3.05) is 31.5 Å². The lowest BCUT2D eigenvalue weighted by atomic mass is 10.1. The van der Waals surface area contributed by atoms with Gasteiger partial charge in [-0.2, -0.15) is 13.2 Å². The van der Waals surface area contributed by atoms with Crippen molar-refractivity contribution in [2.24, 2.45) is 0 Å². The zero-order valence-corrected chi connectivity index (χ0v) is 20.9. The molecule has 1 saturated heterocycles. The number of hydrogen-bond acceptors (Lipinski definition) is 4. The van der Waals surface area contributed by atoms with Crippen LogP contribution in [0.15, 0.2) is 42.5 Å². The molecule has 0 aromatic heterocycles. The summed E-state index contributed by atoms with van der Waals surface area (Å²) in [4.78, 5) is 39.2. The van der Waals surface area contributed by atoms with E-state index in [1.807, 2.05) is 0 Å². The molecule has 0 bridgehead atoms. The van der Waals surface area contributed by atoms with Gasteiger partial charge in [-0.25, -0.2) is 4.79 Å². The predicted octanol–water partition coefficient (Wildman–Crippen LogP) is 3.53. The fraction of sp³-hybridized carbons (Fsp3) is 0.423. The number of nitrogens with one attached hydrogen (secondary N) is 4. The van der Waals surface area contributed by atoms with E-state index in [2.05, 4.69) is 57.4 Å². The van der Waals surface area contributed by atoms with Crippen molar-refractivity contribution in [3.05, 3.63) is 64.7 Å². The van der Waals surface area contributed by atoms with Crippen molar-refractivity contribution in [3.8, 4) is 0 Å². The summed E-state index contributed by atoms with van der Waals surface area (Å²) in [6.45, 7) is 5.89. The Bertz CT molecular complexity index is 1110. The van der Waals surface area contributed by atoms with Gasteiger partial charge in [0, 0.05) is 32.2 Å². The third kappa shape index (κ3) is 8.21. The van der Waals surface area contributed by atoms with Gasteiger partial charge < -0.3 is 21.3 Å². The van der Waals surface area contributed by atoms with Crippen LogP contribution in [0.4, 0.5) is 23.7 Å². The molecule has 0 saturated carbocycles. The lowest BCUT2D eigenvalue weighted by Crippen LogP contribution is -2.43. The van der Waals surface area contributed by atoms with Crippen LogP contribution < -0.4 is 21.3 Å². The molecule has 0 spiro atoms. The van der Waals surface area contributed by atoms with E-state index in [0.717, 1.165) is 38.1 Å². The first-order valence-electron chi connectivity index (χ1n) is 12.2. The first kappa shape index (κ1) is 28.0. The van der Waals surface area contributed by atoms with Crippen molar-refractivity contribution in [1.82, 2.24) is 20.9 Å². The van der Waals surface area contributed by atoms with Crippen LogP contribution in [0.3, 0.4) is 0 Å². The molecular weight excluding hydrogens is 487 g/mol. The van der Waals surface area contributed by atoms with Gasteiger partial charge in [0.1, 0.15) is 0 Å². The summed E-state index contributed by atoms with van der Waals surface area (Å²) in [5, 5.41) is 10.0. The lowest BCUT2D eigenvalue weighted by molar-refractivity contribution is -0.137. The number of alkyl halides is 3. The Morgan fingerprint density at radius 2 is 1.70 bits per heavy atom. The highest BCUT2D eigenvalue weighted by molar-refractivity contribution is 6.04. The number of amides is 4. The van der Waals surface area contributed by atoms with Crippen molar-refractivity contribution in [3.63, 3.8) is 0 Å². The highest BCUT2D eigenvalue weighted by Crippen LogP contribution is 2.32. The van der Waals surface area contributed by atoms with Crippen LogP contribution in [0.25, 0.3) is 0 Å². The molecule has 200 valence electrons. The summed E-state index contributed by atoms with van der Waals surface area (Å²) in [6, 6.07) is 10.1. The Morgan fingerprint density at radius 3 is 2.35 bits per heavy atom. The Labute approximate surface area is 214 Å². The summed E-state index contributed by atoms with van der Waals surface area (Å²) in [5.41, 5.74) is 0.924. The second kappa shape index (κ2) is 12.6. The minimum Gasteiger partial charge on any atom is -0.350 e. The first-order chi connectivity index (χ1) is 17.6. The first-order valence-corrected chi connectivity index (χ1v) is 12.2. The average Bonchev–Trinajstić information content (AvgIpc) is 3.29. The van der Waals surface area contributed by atoms with Crippen molar-refractivity contribution in [1.29, 1.82) is 0 Å². The van der Waals surface area contributed by atoms with Gasteiger partial charge in [-0.3, -0.25) is 14.5 Å². The fourth-order valence-corrected chi connectivity index (χ4v) is 4.11. The van der Waals surface area contributed by atoms with E-state index in [9.17, 15) is 27.6 Å². The number of benzene rings is 2. The number of hydrogen-bond donors (Lipinski definition) is 4. The molecule has 1 aliphatic rings. The van der Waals surface area contributed by atoms with Crippen LogP contribution in [0, 0.1) is 0 Å². The summed E-state index contributed by atoms with van der Waals surface area (Å²) in [6.07, 6.45) is -2.95. The minimum absolute atomic E-state index is 0.0946. The molecule has 2 aromatic carbocycles. The van der Waals surface area contributed by atoms with Gasteiger partial charge in [0.2, 0.25) is 5.91 Å². The molecule has 8 nitrogen and oxygen atoms in total. The molecule has 1 atom stereocenters. The zero-order valence-electron chi connectivity index (χ0n) is 20.9. The molecule has 2 aromatic rings. The topological polar surface area (TPSA) is 103 Å². The maximum Gasteiger partial charge on any atom is 0.416 e. The quantitative estimate of drug-likeness (QED) is 0.407. The fourth-order valence-electron chi connectivity index (χ4n) is 4.11. The summed E-state index contributed by atoms with van der Waals surface area (Å²) in [7, 11) is 0. The second-order valence-corrected chi connectivity index (χ2v) is 8.88. The third-order valence-corrected chi connectivity index (χ3v) is 6.06. The number of halogens is 3. The number of nitrogens with zero attached hydrogens (tertiary/aromatic N) is 1. The number of anilines is 1. The standard InChI is InChI=1S/C26H32F3N5O3/c1-3-17-5-7-18(8-6-17)15-34-12-11-20(16-34)32-23(35)14-31-24(36)21-13-19(26(27,28)29)9-10-22(21)33-25(37)30-4-2/h5-10,13,20H,3-4,11-12,14-16H2,1-2H3,(H,31,36)(H,32,35)(H2,30,33,37)/t20-/m1/s1. The molecule has 1 heterocycles. The largest absolute Gasteiger partial charge is 0.416 e. The predicted molar refractivity (Wildman–Crippen MR) is 134 cm³/mol. The molecule has 1 fully saturated rings. The minimum atomic E-state index is -4.68. The number of carbonyl (C=O) groups is 3. The Kier molecular flexibility index (Phi) is 9.51. The SMILES string of the molecule is CCNC(=O)Nc1ccc(C(F)(F)F)cc1C(=O)NCC(=O)N[C@@H]1CCN(Cc2ccc(CC)cc2)C1. The third-order valence-electron chi connectivity index (χ3n) is 6.06. The molecule has 1 aliphatic heterocycles. The van der Waals surface area contributed by atoms with Crippen LogP contribution >= 0.6 is 0 Å². The van der Waals surface area contributed by atoms with Gasteiger partial charge in [0.25, 0.3) is 5.91 Å². The molecule has 4 N–H and O–H groups in total. The second-order valence-electron chi connectivity index (χ2n) is 8.88. The van der Waals surface area contributed by atoms with E-state index in [4.69, 9.17) is 0 Å². The van der Waals surface area contributed by atoms with Crippen LogP contribution in [0.1, 0.15) is 47.3 Å². The molecular formula is C26H32F3N5O3. The van der Waals surface area contributed by atoms with Crippen LogP contribution in [0.5, 0.6) is 0 Å². The van der Waals surface area contributed by atoms with E-state index in [0.29, 0.717) is 12.6 Å². The Balaban J connectivity index is 1.55. The summed E-state index contributed by atoms with van der Waals surface area (Å²) < 4.78 is 39.6. The van der Waals surface area contributed by atoms with Gasteiger partial charge in [0.15, 0.2) is 0 Å². The molecule has 0 radical (unpaired) electrons. The Hall–Kier alpha value is -3.60. The summed E-state index contributed by atoms with van der Waals surface area (Å²) >= 11 is 0. The van der Waals surface area contributed by atoms with E-state index < -0.39 is 41.7 Å². The zero-order chi connectivity index (χ0) is 27.0. The number of carbonyl (C=O) groups excluding carboxylic acids is 3. The van der Waals surface area contributed by atoms with Gasteiger partial charge in [-0.05, 0) is 49.1 Å². The van der Waals surface area contributed by atoms with Crippen molar-refractivity contribution < 1.29 is 27.6 Å².